The highest BCUT2D eigenvalue weighted by atomic mass is 16.5. The molecule has 0 fully saturated rings. The highest BCUT2D eigenvalue weighted by Gasteiger charge is 2.07. The molecule has 1 atom stereocenters. The molecule has 0 aromatic carbocycles. The van der Waals surface area contributed by atoms with Gasteiger partial charge >= 0.3 is 0 Å². The van der Waals surface area contributed by atoms with Crippen LogP contribution in [0.4, 0.5) is 5.95 Å². The van der Waals surface area contributed by atoms with Crippen molar-refractivity contribution in [1.82, 2.24) is 9.97 Å². The van der Waals surface area contributed by atoms with Crippen LogP contribution in [-0.2, 0) is 0 Å². The number of hydrogen-bond acceptors (Lipinski definition) is 5. The number of nitrogens with zero attached hydrogens (tertiary/aromatic N) is 2. The van der Waals surface area contributed by atoms with Gasteiger partial charge in [0.25, 0.3) is 0 Å². The van der Waals surface area contributed by atoms with Crippen molar-refractivity contribution >= 4 is 5.95 Å². The fraction of sp³-hybridized carbons (Fsp3) is 0.692. The smallest absolute Gasteiger partial charge is 0.225 e. The predicted molar refractivity (Wildman–Crippen MR) is 71.8 cm³/mol. The molecule has 0 amide bonds. The Labute approximate surface area is 109 Å². The van der Waals surface area contributed by atoms with Gasteiger partial charge in [0.05, 0.1) is 6.10 Å². The monoisotopic (exact) mass is 253 g/mol. The SMILES string of the molecule is CCC(CCO)CNc1nccc(OC(C)C)n1. The van der Waals surface area contributed by atoms with E-state index in [1.165, 1.54) is 0 Å². The maximum Gasteiger partial charge on any atom is 0.225 e. The first-order chi connectivity index (χ1) is 8.65. The molecule has 102 valence electrons. The van der Waals surface area contributed by atoms with Gasteiger partial charge in [0.1, 0.15) is 0 Å². The van der Waals surface area contributed by atoms with Gasteiger partial charge < -0.3 is 15.2 Å². The summed E-state index contributed by atoms with van der Waals surface area (Å²) >= 11 is 0. The fourth-order valence-corrected chi connectivity index (χ4v) is 1.60. The van der Waals surface area contributed by atoms with Gasteiger partial charge in [0.15, 0.2) is 0 Å². The molecule has 5 nitrogen and oxygen atoms in total. The predicted octanol–water partition coefficient (Wildman–Crippen LogP) is 2.08. The summed E-state index contributed by atoms with van der Waals surface area (Å²) in [6.45, 7) is 7.02. The highest BCUT2D eigenvalue weighted by molar-refractivity contribution is 5.27. The zero-order valence-corrected chi connectivity index (χ0v) is 11.4. The van der Waals surface area contributed by atoms with E-state index in [1.54, 1.807) is 12.3 Å². The van der Waals surface area contributed by atoms with Gasteiger partial charge in [-0.2, -0.15) is 4.98 Å². The minimum absolute atomic E-state index is 0.102. The number of hydrogen-bond donors (Lipinski definition) is 2. The maximum atomic E-state index is 8.93. The van der Waals surface area contributed by atoms with Crippen molar-refractivity contribution in [2.45, 2.75) is 39.7 Å². The van der Waals surface area contributed by atoms with Crippen LogP contribution in [0.5, 0.6) is 5.88 Å². The number of aliphatic hydroxyl groups is 1. The first-order valence-electron chi connectivity index (χ1n) is 6.50. The van der Waals surface area contributed by atoms with E-state index in [9.17, 15) is 0 Å². The second-order valence-electron chi connectivity index (χ2n) is 4.55. The van der Waals surface area contributed by atoms with E-state index in [1.807, 2.05) is 13.8 Å². The lowest BCUT2D eigenvalue weighted by atomic mass is 10.0. The zero-order chi connectivity index (χ0) is 13.4. The summed E-state index contributed by atoms with van der Waals surface area (Å²) in [7, 11) is 0. The second kappa shape index (κ2) is 7.87. The standard InChI is InChI=1S/C13H23N3O2/c1-4-11(6-8-17)9-15-13-14-7-5-12(16-13)18-10(2)3/h5,7,10-11,17H,4,6,8-9H2,1-3H3,(H,14,15,16). The molecule has 18 heavy (non-hydrogen) atoms. The second-order valence-corrected chi connectivity index (χ2v) is 4.55. The molecule has 1 aromatic rings. The first-order valence-corrected chi connectivity index (χ1v) is 6.50. The molecule has 0 saturated carbocycles. The Morgan fingerprint density at radius 3 is 2.83 bits per heavy atom. The summed E-state index contributed by atoms with van der Waals surface area (Å²) in [5, 5.41) is 12.1. The van der Waals surface area contributed by atoms with Crippen LogP contribution in [0, 0.1) is 5.92 Å². The van der Waals surface area contributed by atoms with E-state index in [4.69, 9.17) is 9.84 Å². The van der Waals surface area contributed by atoms with Gasteiger partial charge in [-0.3, -0.25) is 0 Å². The van der Waals surface area contributed by atoms with Crippen LogP contribution in [-0.4, -0.2) is 34.3 Å². The van der Waals surface area contributed by atoms with Crippen LogP contribution >= 0.6 is 0 Å². The number of nitrogens with one attached hydrogen (secondary N) is 1. The van der Waals surface area contributed by atoms with Gasteiger partial charge in [-0.25, -0.2) is 4.98 Å². The summed E-state index contributed by atoms with van der Waals surface area (Å²) in [5.41, 5.74) is 0. The van der Waals surface area contributed by atoms with Gasteiger partial charge in [0.2, 0.25) is 11.8 Å². The molecule has 0 spiro atoms. The Hall–Kier alpha value is -1.36. The molecule has 0 bridgehead atoms. The number of aromatic nitrogens is 2. The summed E-state index contributed by atoms with van der Waals surface area (Å²) in [4.78, 5) is 8.42. The maximum absolute atomic E-state index is 8.93. The van der Waals surface area contributed by atoms with Crippen LogP contribution in [0.25, 0.3) is 0 Å². The Morgan fingerprint density at radius 1 is 1.44 bits per heavy atom. The third kappa shape index (κ3) is 5.31. The van der Waals surface area contributed by atoms with E-state index < -0.39 is 0 Å². The first kappa shape index (κ1) is 14.7. The van der Waals surface area contributed by atoms with Gasteiger partial charge in [-0.05, 0) is 26.2 Å². The lowest BCUT2D eigenvalue weighted by Gasteiger charge is -2.15. The van der Waals surface area contributed by atoms with E-state index >= 15 is 0 Å². The highest BCUT2D eigenvalue weighted by Crippen LogP contribution is 2.12. The van der Waals surface area contributed by atoms with Crippen molar-refractivity contribution in [2.75, 3.05) is 18.5 Å². The van der Waals surface area contributed by atoms with Crippen molar-refractivity contribution in [3.8, 4) is 5.88 Å². The van der Waals surface area contributed by atoms with Crippen molar-refractivity contribution in [3.63, 3.8) is 0 Å². The van der Waals surface area contributed by atoms with Crippen molar-refractivity contribution in [1.29, 1.82) is 0 Å². The summed E-state index contributed by atoms with van der Waals surface area (Å²) in [6, 6.07) is 1.75. The van der Waals surface area contributed by atoms with Gasteiger partial charge in [0, 0.05) is 25.4 Å². The van der Waals surface area contributed by atoms with Crippen LogP contribution in [0.3, 0.4) is 0 Å². The van der Waals surface area contributed by atoms with Crippen LogP contribution in [0.1, 0.15) is 33.6 Å². The molecule has 0 saturated heterocycles. The van der Waals surface area contributed by atoms with Crippen molar-refractivity contribution in [2.24, 2.45) is 5.92 Å². The summed E-state index contributed by atoms with van der Waals surface area (Å²) in [6.07, 6.45) is 3.60. The average Bonchev–Trinajstić information content (AvgIpc) is 2.34. The lowest BCUT2D eigenvalue weighted by molar-refractivity contribution is 0.232. The molecule has 1 heterocycles. The van der Waals surface area contributed by atoms with E-state index in [2.05, 4.69) is 22.2 Å². The quantitative estimate of drug-likeness (QED) is 0.742. The Bertz CT molecular complexity index is 345. The molecule has 0 aliphatic rings. The van der Waals surface area contributed by atoms with E-state index in [0.717, 1.165) is 19.4 Å². The van der Waals surface area contributed by atoms with Crippen molar-refractivity contribution in [3.05, 3.63) is 12.3 Å². The fourth-order valence-electron chi connectivity index (χ4n) is 1.60. The minimum atomic E-state index is 0.102. The molecular weight excluding hydrogens is 230 g/mol. The third-order valence-electron chi connectivity index (χ3n) is 2.65. The molecule has 0 aliphatic heterocycles. The van der Waals surface area contributed by atoms with Gasteiger partial charge in [-0.1, -0.05) is 13.3 Å². The molecule has 5 heteroatoms. The van der Waals surface area contributed by atoms with Gasteiger partial charge in [-0.15, -0.1) is 0 Å². The van der Waals surface area contributed by atoms with E-state index in [0.29, 0.717) is 17.7 Å². The Balaban J connectivity index is 2.51. The lowest BCUT2D eigenvalue weighted by Crippen LogP contribution is -2.17. The molecule has 1 aromatic heterocycles. The minimum Gasteiger partial charge on any atom is -0.475 e. The summed E-state index contributed by atoms with van der Waals surface area (Å²) in [5.74, 6) is 1.59. The van der Waals surface area contributed by atoms with Crippen molar-refractivity contribution < 1.29 is 9.84 Å². The number of aliphatic hydroxyl groups excluding tert-OH is 1. The average molecular weight is 253 g/mol. The molecule has 0 aliphatic carbocycles. The summed E-state index contributed by atoms with van der Waals surface area (Å²) < 4.78 is 5.50. The van der Waals surface area contributed by atoms with E-state index in [-0.39, 0.29) is 12.7 Å². The largest absolute Gasteiger partial charge is 0.475 e. The molecule has 1 rings (SSSR count). The molecule has 2 N–H and O–H groups in total. The molecular formula is C13H23N3O2. The molecule has 1 unspecified atom stereocenters. The number of rotatable bonds is 8. The normalized spacial score (nSPS) is 12.5. The molecule has 0 radical (unpaired) electrons. The van der Waals surface area contributed by atoms with Crippen LogP contribution in [0.15, 0.2) is 12.3 Å². The third-order valence-corrected chi connectivity index (χ3v) is 2.65. The van der Waals surface area contributed by atoms with Crippen LogP contribution in [0.2, 0.25) is 0 Å². The Kier molecular flexibility index (Phi) is 6.43. The topological polar surface area (TPSA) is 67.3 Å². The zero-order valence-electron chi connectivity index (χ0n) is 11.4. The Morgan fingerprint density at radius 2 is 2.22 bits per heavy atom. The number of ether oxygens (including phenoxy) is 1. The van der Waals surface area contributed by atoms with Crippen LogP contribution < -0.4 is 10.1 Å². The number of anilines is 1.